The van der Waals surface area contributed by atoms with Gasteiger partial charge in [0, 0.05) is 19.6 Å². The molecule has 1 aliphatic heterocycles. The summed E-state index contributed by atoms with van der Waals surface area (Å²) in [6, 6.07) is 5.65. The largest absolute Gasteiger partial charge is 0.386 e. The van der Waals surface area contributed by atoms with Crippen molar-refractivity contribution >= 4 is 17.8 Å². The quantitative estimate of drug-likeness (QED) is 0.270. The molecule has 2 fully saturated rings. The van der Waals surface area contributed by atoms with E-state index in [4.69, 9.17) is 0 Å². The first-order valence-corrected chi connectivity index (χ1v) is 10.5. The van der Waals surface area contributed by atoms with Crippen molar-refractivity contribution in [2.24, 2.45) is 28.7 Å². The summed E-state index contributed by atoms with van der Waals surface area (Å²) >= 11 is 0. The number of hydrogen-bond donors (Lipinski definition) is 3. The van der Waals surface area contributed by atoms with Crippen molar-refractivity contribution in [2.45, 2.75) is 19.4 Å². The fraction of sp³-hybridized carbons (Fsp3) is 0.500. The number of fused-ring (bicyclic) bond motifs is 5. The highest BCUT2D eigenvalue weighted by Gasteiger charge is 2.58. The van der Waals surface area contributed by atoms with E-state index in [9.17, 15) is 19.1 Å². The van der Waals surface area contributed by atoms with Crippen LogP contribution in [-0.2, 0) is 9.59 Å². The number of guanidine groups is 1. The van der Waals surface area contributed by atoms with Crippen LogP contribution in [0.25, 0.3) is 0 Å². The lowest BCUT2D eigenvalue weighted by Gasteiger charge is -2.19. The Morgan fingerprint density at radius 2 is 1.80 bits per heavy atom. The van der Waals surface area contributed by atoms with Gasteiger partial charge in [0.2, 0.25) is 11.8 Å². The van der Waals surface area contributed by atoms with Crippen LogP contribution in [-0.4, -0.2) is 54.0 Å². The summed E-state index contributed by atoms with van der Waals surface area (Å²) in [6.07, 6.45) is 4.24. The van der Waals surface area contributed by atoms with Crippen LogP contribution in [0.1, 0.15) is 25.0 Å². The second-order valence-electron chi connectivity index (χ2n) is 8.04. The minimum Gasteiger partial charge on any atom is -0.386 e. The molecule has 2 bridgehead atoms. The molecule has 5 unspecified atom stereocenters. The summed E-state index contributed by atoms with van der Waals surface area (Å²) in [6.45, 7) is 3.30. The molecule has 1 saturated carbocycles. The van der Waals surface area contributed by atoms with Crippen LogP contribution < -0.4 is 10.6 Å². The molecule has 1 heterocycles. The molecule has 7 nitrogen and oxygen atoms in total. The predicted octanol–water partition coefficient (Wildman–Crippen LogP) is 1.22. The number of amides is 2. The first kappa shape index (κ1) is 20.5. The molecule has 4 rings (SSSR count). The third kappa shape index (κ3) is 3.84. The number of allylic oxidation sites excluding steroid dienone is 2. The van der Waals surface area contributed by atoms with E-state index in [1.165, 1.54) is 29.2 Å². The van der Waals surface area contributed by atoms with Crippen molar-refractivity contribution in [2.75, 3.05) is 26.2 Å². The van der Waals surface area contributed by atoms with Crippen molar-refractivity contribution < 1.29 is 19.1 Å². The SMILES string of the molecule is CCNC(=NCC(O)c1ccc(F)cc1)NCCN1C(=O)C2C3C=CC(C3)C2C1=O. The minimum atomic E-state index is -0.856. The predicted molar refractivity (Wildman–Crippen MR) is 110 cm³/mol. The van der Waals surface area contributed by atoms with Gasteiger partial charge in [0.25, 0.3) is 0 Å². The molecule has 160 valence electrons. The number of nitrogens with zero attached hydrogens (tertiary/aromatic N) is 2. The molecule has 0 radical (unpaired) electrons. The fourth-order valence-electron chi connectivity index (χ4n) is 4.78. The van der Waals surface area contributed by atoms with E-state index in [1.807, 2.05) is 6.92 Å². The molecular weight excluding hydrogens is 387 g/mol. The summed E-state index contributed by atoms with van der Waals surface area (Å²) in [4.78, 5) is 31.2. The summed E-state index contributed by atoms with van der Waals surface area (Å²) in [5.74, 6) is 0.0701. The number of benzene rings is 1. The summed E-state index contributed by atoms with van der Waals surface area (Å²) in [7, 11) is 0. The maximum absolute atomic E-state index is 13.0. The third-order valence-electron chi connectivity index (χ3n) is 6.21. The van der Waals surface area contributed by atoms with E-state index in [0.717, 1.165) is 6.42 Å². The van der Waals surface area contributed by atoms with Crippen LogP contribution >= 0.6 is 0 Å². The first-order chi connectivity index (χ1) is 14.5. The fourth-order valence-corrected chi connectivity index (χ4v) is 4.78. The number of aliphatic hydroxyl groups excluding tert-OH is 1. The van der Waals surface area contributed by atoms with Gasteiger partial charge < -0.3 is 15.7 Å². The average Bonchev–Trinajstić information content (AvgIpc) is 3.42. The van der Waals surface area contributed by atoms with Crippen LogP contribution in [0, 0.1) is 29.5 Å². The molecule has 8 heteroatoms. The third-order valence-corrected chi connectivity index (χ3v) is 6.21. The second-order valence-corrected chi connectivity index (χ2v) is 8.04. The number of carbonyl (C=O) groups excluding carboxylic acids is 2. The number of rotatable bonds is 7. The maximum atomic E-state index is 13.0. The lowest BCUT2D eigenvalue weighted by atomic mass is 9.85. The van der Waals surface area contributed by atoms with Gasteiger partial charge in [-0.3, -0.25) is 19.5 Å². The maximum Gasteiger partial charge on any atom is 0.233 e. The van der Waals surface area contributed by atoms with Gasteiger partial charge in [-0.25, -0.2) is 4.39 Å². The van der Waals surface area contributed by atoms with Gasteiger partial charge in [-0.15, -0.1) is 0 Å². The zero-order chi connectivity index (χ0) is 21.3. The molecule has 5 atom stereocenters. The first-order valence-electron chi connectivity index (χ1n) is 10.5. The summed E-state index contributed by atoms with van der Waals surface area (Å²) in [5, 5.41) is 16.4. The highest BCUT2D eigenvalue weighted by Crippen LogP contribution is 2.52. The highest BCUT2D eigenvalue weighted by molar-refractivity contribution is 6.06. The van der Waals surface area contributed by atoms with Crippen molar-refractivity contribution in [1.29, 1.82) is 0 Å². The Bertz CT molecular complexity index is 840. The Hall–Kier alpha value is -2.74. The van der Waals surface area contributed by atoms with E-state index in [0.29, 0.717) is 24.6 Å². The molecule has 3 aliphatic rings. The average molecular weight is 414 g/mol. The number of likely N-dealkylation sites (tertiary alicyclic amines) is 1. The molecule has 2 aliphatic carbocycles. The van der Waals surface area contributed by atoms with E-state index in [-0.39, 0.29) is 54.4 Å². The van der Waals surface area contributed by atoms with Gasteiger partial charge in [-0.05, 0) is 42.9 Å². The summed E-state index contributed by atoms with van der Waals surface area (Å²) in [5.41, 5.74) is 0.582. The van der Waals surface area contributed by atoms with Crippen LogP contribution in [0.3, 0.4) is 0 Å². The normalized spacial score (nSPS) is 28.2. The molecule has 30 heavy (non-hydrogen) atoms. The standard InChI is InChI=1S/C22H27FN4O3/c1-2-24-22(26-12-17(28)13-5-7-16(23)8-6-13)25-9-10-27-20(29)18-14-3-4-15(11-14)19(18)21(27)30/h3-8,14-15,17-19,28H,2,9-12H2,1H3,(H2,24,25,26). The highest BCUT2D eigenvalue weighted by atomic mass is 19.1. The van der Waals surface area contributed by atoms with E-state index in [2.05, 4.69) is 27.8 Å². The van der Waals surface area contributed by atoms with Crippen molar-refractivity contribution in [3.05, 3.63) is 47.8 Å². The molecular formula is C22H27FN4O3. The number of carbonyl (C=O) groups is 2. The Morgan fingerprint density at radius 3 is 2.40 bits per heavy atom. The van der Waals surface area contributed by atoms with E-state index >= 15 is 0 Å². The van der Waals surface area contributed by atoms with Gasteiger partial charge >= 0.3 is 0 Å². The number of aliphatic imine (C=N–C) groups is 1. The van der Waals surface area contributed by atoms with Crippen LogP contribution in [0.2, 0.25) is 0 Å². The molecule has 3 N–H and O–H groups in total. The molecule has 1 aromatic rings. The second kappa shape index (κ2) is 8.55. The van der Waals surface area contributed by atoms with Gasteiger partial charge in [0.05, 0.1) is 24.5 Å². The van der Waals surface area contributed by atoms with E-state index < -0.39 is 6.10 Å². The molecule has 1 saturated heterocycles. The number of imide groups is 1. The van der Waals surface area contributed by atoms with Crippen LogP contribution in [0.5, 0.6) is 0 Å². The monoisotopic (exact) mass is 414 g/mol. The Balaban J connectivity index is 1.31. The number of aliphatic hydroxyl groups is 1. The topological polar surface area (TPSA) is 94.0 Å². The molecule has 2 amide bonds. The number of nitrogens with one attached hydrogen (secondary N) is 2. The lowest BCUT2D eigenvalue weighted by Crippen LogP contribution is -2.43. The van der Waals surface area contributed by atoms with Gasteiger partial charge in [0.1, 0.15) is 5.82 Å². The van der Waals surface area contributed by atoms with Crippen molar-refractivity contribution in [3.63, 3.8) is 0 Å². The Labute approximate surface area is 175 Å². The zero-order valence-electron chi connectivity index (χ0n) is 16.9. The molecule has 1 aromatic carbocycles. The minimum absolute atomic E-state index is 0.0580. The Morgan fingerprint density at radius 1 is 1.17 bits per heavy atom. The van der Waals surface area contributed by atoms with E-state index in [1.54, 1.807) is 0 Å². The number of halogens is 1. The Kier molecular flexibility index (Phi) is 5.85. The van der Waals surface area contributed by atoms with Gasteiger partial charge in [0.15, 0.2) is 5.96 Å². The lowest BCUT2D eigenvalue weighted by molar-refractivity contribution is -0.140. The van der Waals surface area contributed by atoms with Gasteiger partial charge in [-0.2, -0.15) is 0 Å². The van der Waals surface area contributed by atoms with Crippen molar-refractivity contribution in [3.8, 4) is 0 Å². The molecule has 0 spiro atoms. The molecule has 0 aromatic heterocycles. The van der Waals surface area contributed by atoms with Crippen LogP contribution in [0.15, 0.2) is 41.4 Å². The van der Waals surface area contributed by atoms with Gasteiger partial charge in [-0.1, -0.05) is 24.3 Å². The van der Waals surface area contributed by atoms with Crippen LogP contribution in [0.4, 0.5) is 4.39 Å². The zero-order valence-corrected chi connectivity index (χ0v) is 16.9. The number of hydrogen-bond acceptors (Lipinski definition) is 4. The summed E-state index contributed by atoms with van der Waals surface area (Å²) < 4.78 is 13.0. The smallest absolute Gasteiger partial charge is 0.233 e. The van der Waals surface area contributed by atoms with Crippen molar-refractivity contribution in [1.82, 2.24) is 15.5 Å².